The number of halogens is 1. The van der Waals surface area contributed by atoms with Crippen LogP contribution in [0.2, 0.25) is 0 Å². The Hall–Kier alpha value is -2.21. The van der Waals surface area contributed by atoms with Crippen molar-refractivity contribution in [2.24, 2.45) is 18.2 Å². The van der Waals surface area contributed by atoms with Crippen molar-refractivity contribution in [3.63, 3.8) is 0 Å². The number of hydrogen-bond acceptors (Lipinski definition) is 3. The SMILES string of the molecule is Cn1ccnc1C(NC(=O)CC1(CN)CCCCC1)c1cccc(F)c1. The first-order chi connectivity index (χ1) is 12.5. The number of nitrogens with two attached hydrogens (primary N) is 1. The number of aromatic nitrogens is 2. The van der Waals surface area contributed by atoms with Gasteiger partial charge in [-0.1, -0.05) is 31.4 Å². The lowest BCUT2D eigenvalue weighted by Crippen LogP contribution is -2.40. The maximum absolute atomic E-state index is 13.7. The summed E-state index contributed by atoms with van der Waals surface area (Å²) in [6, 6.07) is 5.80. The van der Waals surface area contributed by atoms with Crippen molar-refractivity contribution in [3.05, 3.63) is 53.9 Å². The van der Waals surface area contributed by atoms with E-state index in [1.54, 1.807) is 12.3 Å². The molecule has 1 heterocycles. The Labute approximate surface area is 153 Å². The number of hydrogen-bond donors (Lipinski definition) is 2. The number of carbonyl (C=O) groups is 1. The molecule has 0 bridgehead atoms. The van der Waals surface area contributed by atoms with E-state index in [-0.39, 0.29) is 17.1 Å². The largest absolute Gasteiger partial charge is 0.342 e. The van der Waals surface area contributed by atoms with Gasteiger partial charge in [-0.05, 0) is 42.5 Å². The molecule has 1 fully saturated rings. The number of benzene rings is 1. The van der Waals surface area contributed by atoms with Crippen LogP contribution in [0.3, 0.4) is 0 Å². The van der Waals surface area contributed by atoms with Crippen LogP contribution in [0.25, 0.3) is 0 Å². The number of amides is 1. The van der Waals surface area contributed by atoms with Crippen LogP contribution in [0.1, 0.15) is 56.0 Å². The Morgan fingerprint density at radius 3 is 2.77 bits per heavy atom. The third-order valence-corrected chi connectivity index (χ3v) is 5.49. The molecule has 1 aliphatic carbocycles. The number of rotatable bonds is 6. The molecule has 0 aliphatic heterocycles. The summed E-state index contributed by atoms with van der Waals surface area (Å²) in [7, 11) is 1.86. The van der Waals surface area contributed by atoms with Crippen LogP contribution in [0.4, 0.5) is 4.39 Å². The number of imidazole rings is 1. The fraction of sp³-hybridized carbons (Fsp3) is 0.500. The summed E-state index contributed by atoms with van der Waals surface area (Å²) in [5.74, 6) is 0.283. The van der Waals surface area contributed by atoms with Gasteiger partial charge in [0.1, 0.15) is 17.7 Å². The fourth-order valence-electron chi connectivity index (χ4n) is 3.95. The standard InChI is InChI=1S/C20H27FN4O/c1-25-11-10-23-19(25)18(15-6-5-7-16(21)12-15)24-17(26)13-20(14-22)8-3-2-4-9-20/h5-7,10-12,18H,2-4,8-9,13-14,22H2,1H3,(H,24,26). The van der Waals surface area contributed by atoms with Gasteiger partial charge in [-0.3, -0.25) is 4.79 Å². The highest BCUT2D eigenvalue weighted by Crippen LogP contribution is 2.38. The average molecular weight is 358 g/mol. The van der Waals surface area contributed by atoms with E-state index in [0.29, 0.717) is 24.4 Å². The summed E-state index contributed by atoms with van der Waals surface area (Å²) < 4.78 is 15.6. The predicted molar refractivity (Wildman–Crippen MR) is 98.8 cm³/mol. The second-order valence-electron chi connectivity index (χ2n) is 7.39. The Balaban J connectivity index is 1.81. The zero-order valence-electron chi connectivity index (χ0n) is 15.2. The van der Waals surface area contributed by atoms with Crippen LogP contribution in [-0.2, 0) is 11.8 Å². The normalized spacial score (nSPS) is 17.7. The maximum atomic E-state index is 13.7. The van der Waals surface area contributed by atoms with Crippen LogP contribution < -0.4 is 11.1 Å². The molecule has 3 N–H and O–H groups in total. The van der Waals surface area contributed by atoms with E-state index in [9.17, 15) is 9.18 Å². The van der Waals surface area contributed by atoms with E-state index in [1.165, 1.54) is 18.6 Å². The molecule has 0 spiro atoms. The molecule has 1 aliphatic rings. The average Bonchev–Trinajstić information content (AvgIpc) is 3.06. The molecule has 26 heavy (non-hydrogen) atoms. The molecule has 1 saturated carbocycles. The molecule has 5 nitrogen and oxygen atoms in total. The molecule has 1 atom stereocenters. The number of carbonyl (C=O) groups excluding carboxylic acids is 1. The van der Waals surface area contributed by atoms with E-state index in [1.807, 2.05) is 23.9 Å². The van der Waals surface area contributed by atoms with Crippen molar-refractivity contribution in [1.82, 2.24) is 14.9 Å². The molecule has 3 rings (SSSR count). The van der Waals surface area contributed by atoms with E-state index in [0.717, 1.165) is 25.7 Å². The summed E-state index contributed by atoms with van der Waals surface area (Å²) in [6.45, 7) is 0.521. The first-order valence-electron chi connectivity index (χ1n) is 9.25. The second kappa shape index (κ2) is 7.99. The highest BCUT2D eigenvalue weighted by atomic mass is 19.1. The van der Waals surface area contributed by atoms with Gasteiger partial charge < -0.3 is 15.6 Å². The Morgan fingerprint density at radius 1 is 1.38 bits per heavy atom. The van der Waals surface area contributed by atoms with Gasteiger partial charge in [0.25, 0.3) is 0 Å². The zero-order chi connectivity index (χ0) is 18.6. The van der Waals surface area contributed by atoms with Crippen molar-refractivity contribution in [2.75, 3.05) is 6.54 Å². The van der Waals surface area contributed by atoms with Crippen LogP contribution in [0.5, 0.6) is 0 Å². The molecule has 2 aromatic rings. The summed E-state index contributed by atoms with van der Waals surface area (Å²) in [5.41, 5.74) is 6.59. The number of nitrogens with zero attached hydrogens (tertiary/aromatic N) is 2. The highest BCUT2D eigenvalue weighted by Gasteiger charge is 2.34. The van der Waals surface area contributed by atoms with E-state index >= 15 is 0 Å². The van der Waals surface area contributed by atoms with E-state index < -0.39 is 6.04 Å². The minimum absolute atomic E-state index is 0.0605. The number of aryl methyl sites for hydroxylation is 1. The lowest BCUT2D eigenvalue weighted by molar-refractivity contribution is -0.124. The zero-order valence-corrected chi connectivity index (χ0v) is 15.2. The van der Waals surface area contributed by atoms with Gasteiger partial charge in [0.15, 0.2) is 0 Å². The summed E-state index contributed by atoms with van der Waals surface area (Å²) in [4.78, 5) is 17.2. The van der Waals surface area contributed by atoms with Crippen molar-refractivity contribution in [3.8, 4) is 0 Å². The van der Waals surface area contributed by atoms with Gasteiger partial charge in [-0.15, -0.1) is 0 Å². The van der Waals surface area contributed by atoms with Gasteiger partial charge >= 0.3 is 0 Å². The molecule has 1 aromatic heterocycles. The maximum Gasteiger partial charge on any atom is 0.221 e. The molecular formula is C20H27FN4O. The van der Waals surface area contributed by atoms with Crippen LogP contribution in [0.15, 0.2) is 36.7 Å². The summed E-state index contributed by atoms with van der Waals surface area (Å²) in [5, 5.41) is 3.07. The molecule has 140 valence electrons. The molecule has 1 amide bonds. The summed E-state index contributed by atoms with van der Waals surface area (Å²) in [6.07, 6.45) is 9.33. The molecule has 1 aromatic carbocycles. The van der Waals surface area contributed by atoms with Gasteiger partial charge in [-0.25, -0.2) is 9.37 Å². The molecule has 0 saturated heterocycles. The smallest absolute Gasteiger partial charge is 0.221 e. The molecule has 6 heteroatoms. The topological polar surface area (TPSA) is 72.9 Å². The Morgan fingerprint density at radius 2 is 2.15 bits per heavy atom. The lowest BCUT2D eigenvalue weighted by atomic mass is 9.71. The van der Waals surface area contributed by atoms with Gasteiger partial charge in [0.05, 0.1) is 0 Å². The molecular weight excluding hydrogens is 331 g/mol. The Kier molecular flexibility index (Phi) is 5.71. The third-order valence-electron chi connectivity index (χ3n) is 5.49. The predicted octanol–water partition coefficient (Wildman–Crippen LogP) is 3.06. The number of nitrogens with one attached hydrogen (secondary N) is 1. The van der Waals surface area contributed by atoms with Gasteiger partial charge in [-0.2, -0.15) is 0 Å². The summed E-state index contributed by atoms with van der Waals surface area (Å²) >= 11 is 0. The first kappa shape index (κ1) is 18.6. The van der Waals surface area contributed by atoms with E-state index in [2.05, 4.69) is 10.3 Å². The van der Waals surface area contributed by atoms with Crippen LogP contribution in [-0.4, -0.2) is 22.0 Å². The van der Waals surface area contributed by atoms with Crippen molar-refractivity contribution in [2.45, 2.75) is 44.6 Å². The van der Waals surface area contributed by atoms with Crippen LogP contribution in [0, 0.1) is 11.2 Å². The van der Waals surface area contributed by atoms with Gasteiger partial charge in [0.2, 0.25) is 5.91 Å². The van der Waals surface area contributed by atoms with E-state index in [4.69, 9.17) is 5.73 Å². The molecule has 1 unspecified atom stereocenters. The van der Waals surface area contributed by atoms with Gasteiger partial charge in [0, 0.05) is 25.9 Å². The van der Waals surface area contributed by atoms with Crippen LogP contribution >= 0.6 is 0 Å². The highest BCUT2D eigenvalue weighted by molar-refractivity contribution is 5.77. The van der Waals surface area contributed by atoms with Crippen molar-refractivity contribution in [1.29, 1.82) is 0 Å². The lowest BCUT2D eigenvalue weighted by Gasteiger charge is -2.36. The van der Waals surface area contributed by atoms with Crippen molar-refractivity contribution >= 4 is 5.91 Å². The fourth-order valence-corrected chi connectivity index (χ4v) is 3.95. The minimum Gasteiger partial charge on any atom is -0.342 e. The first-order valence-corrected chi connectivity index (χ1v) is 9.25. The minimum atomic E-state index is -0.489. The third kappa shape index (κ3) is 4.12. The molecule has 0 radical (unpaired) electrons. The Bertz CT molecular complexity index is 752. The quantitative estimate of drug-likeness (QED) is 0.833. The monoisotopic (exact) mass is 358 g/mol. The second-order valence-corrected chi connectivity index (χ2v) is 7.39. The van der Waals surface area contributed by atoms with Crippen molar-refractivity contribution < 1.29 is 9.18 Å².